The molecule has 0 atom stereocenters. The van der Waals surface area contributed by atoms with Gasteiger partial charge in [0.25, 0.3) is 0 Å². The van der Waals surface area contributed by atoms with E-state index in [4.69, 9.17) is 4.42 Å². The molecule has 3 rings (SSSR count). The second-order valence-electron chi connectivity index (χ2n) is 4.14. The Morgan fingerprint density at radius 3 is 2.67 bits per heavy atom. The van der Waals surface area contributed by atoms with Crippen LogP contribution >= 0.6 is 0 Å². The zero-order valence-electron chi connectivity index (χ0n) is 9.97. The van der Waals surface area contributed by atoms with Gasteiger partial charge in [0.2, 0.25) is 5.89 Å². The molecular formula is C16H13NO. The summed E-state index contributed by atoms with van der Waals surface area (Å²) in [5.74, 6) is 0.675. The molecule has 0 aliphatic rings. The molecule has 3 aromatic rings. The quantitative estimate of drug-likeness (QED) is 0.635. The van der Waals surface area contributed by atoms with Crippen LogP contribution in [-0.2, 0) is 6.42 Å². The number of aromatic nitrogens is 1. The zero-order chi connectivity index (χ0) is 12.4. The minimum atomic E-state index is 0.675. The summed E-state index contributed by atoms with van der Waals surface area (Å²) < 4.78 is 5.80. The predicted molar refractivity (Wildman–Crippen MR) is 73.3 cm³/mol. The van der Waals surface area contributed by atoms with Crippen LogP contribution in [0.3, 0.4) is 0 Å². The third-order valence-electron chi connectivity index (χ3n) is 2.91. The van der Waals surface area contributed by atoms with Gasteiger partial charge in [-0.25, -0.2) is 4.98 Å². The van der Waals surface area contributed by atoms with Crippen LogP contribution in [0.15, 0.2) is 65.6 Å². The van der Waals surface area contributed by atoms with Gasteiger partial charge in [0.15, 0.2) is 5.58 Å². The van der Waals surface area contributed by atoms with Crippen LogP contribution in [0.5, 0.6) is 0 Å². The molecule has 2 nitrogen and oxygen atoms in total. The summed E-state index contributed by atoms with van der Waals surface area (Å²) in [7, 11) is 0. The first kappa shape index (κ1) is 10.8. The summed E-state index contributed by atoms with van der Waals surface area (Å²) in [6.07, 6.45) is 2.70. The molecule has 18 heavy (non-hydrogen) atoms. The molecule has 0 aliphatic carbocycles. The third kappa shape index (κ3) is 1.82. The van der Waals surface area contributed by atoms with Gasteiger partial charge in [-0.2, -0.15) is 0 Å². The number of hydrogen-bond acceptors (Lipinski definition) is 2. The molecule has 1 heterocycles. The summed E-state index contributed by atoms with van der Waals surface area (Å²) in [5, 5.41) is 0. The van der Waals surface area contributed by atoms with Crippen LogP contribution in [0.25, 0.3) is 22.6 Å². The van der Waals surface area contributed by atoms with Gasteiger partial charge in [-0.3, -0.25) is 0 Å². The van der Waals surface area contributed by atoms with E-state index < -0.39 is 0 Å². The van der Waals surface area contributed by atoms with E-state index in [1.54, 1.807) is 0 Å². The second-order valence-corrected chi connectivity index (χ2v) is 4.14. The van der Waals surface area contributed by atoms with E-state index in [-0.39, 0.29) is 0 Å². The number of oxazole rings is 1. The highest BCUT2D eigenvalue weighted by Crippen LogP contribution is 2.27. The molecule has 0 saturated heterocycles. The lowest BCUT2D eigenvalue weighted by molar-refractivity contribution is 0.619. The van der Waals surface area contributed by atoms with E-state index in [0.717, 1.165) is 23.1 Å². The van der Waals surface area contributed by atoms with E-state index in [0.29, 0.717) is 5.89 Å². The normalized spacial score (nSPS) is 10.7. The number of allylic oxidation sites excluding steroid dienone is 1. The van der Waals surface area contributed by atoms with Crippen molar-refractivity contribution in [2.45, 2.75) is 6.42 Å². The first-order valence-electron chi connectivity index (χ1n) is 5.93. The fraction of sp³-hybridized carbons (Fsp3) is 0.0625. The van der Waals surface area contributed by atoms with Gasteiger partial charge in [-0.15, -0.1) is 6.58 Å². The topological polar surface area (TPSA) is 26.0 Å². The van der Waals surface area contributed by atoms with Crippen molar-refractivity contribution in [1.29, 1.82) is 0 Å². The third-order valence-corrected chi connectivity index (χ3v) is 2.91. The van der Waals surface area contributed by atoms with Gasteiger partial charge in [0.1, 0.15) is 5.52 Å². The van der Waals surface area contributed by atoms with Crippen LogP contribution < -0.4 is 0 Å². The fourth-order valence-electron chi connectivity index (χ4n) is 2.05. The molecule has 1 aromatic heterocycles. The minimum Gasteiger partial charge on any atom is -0.436 e. The van der Waals surface area contributed by atoms with Gasteiger partial charge in [-0.05, 0) is 30.2 Å². The Labute approximate surface area is 106 Å². The van der Waals surface area contributed by atoms with Crippen molar-refractivity contribution in [3.63, 3.8) is 0 Å². The molecule has 0 aliphatic heterocycles. The van der Waals surface area contributed by atoms with Gasteiger partial charge >= 0.3 is 0 Å². The van der Waals surface area contributed by atoms with E-state index in [1.165, 1.54) is 5.56 Å². The van der Waals surface area contributed by atoms with Gasteiger partial charge in [0, 0.05) is 5.56 Å². The summed E-state index contributed by atoms with van der Waals surface area (Å²) in [6.45, 7) is 3.78. The van der Waals surface area contributed by atoms with Crippen molar-refractivity contribution in [2.24, 2.45) is 0 Å². The number of fused-ring (bicyclic) bond motifs is 1. The number of nitrogens with zero attached hydrogens (tertiary/aromatic N) is 1. The average molecular weight is 235 g/mol. The van der Waals surface area contributed by atoms with Crippen LogP contribution in [-0.4, -0.2) is 4.98 Å². The highest BCUT2D eigenvalue weighted by molar-refractivity contribution is 5.76. The molecule has 0 bridgehead atoms. The van der Waals surface area contributed by atoms with E-state index in [1.807, 2.05) is 48.5 Å². The number of rotatable bonds is 3. The van der Waals surface area contributed by atoms with Gasteiger partial charge in [-0.1, -0.05) is 36.4 Å². The highest BCUT2D eigenvalue weighted by Gasteiger charge is 2.10. The summed E-state index contributed by atoms with van der Waals surface area (Å²) in [5.41, 5.74) is 3.93. The summed E-state index contributed by atoms with van der Waals surface area (Å²) in [6, 6.07) is 15.9. The molecule has 0 amide bonds. The van der Waals surface area contributed by atoms with Crippen molar-refractivity contribution in [3.05, 3.63) is 66.7 Å². The van der Waals surface area contributed by atoms with Crippen molar-refractivity contribution >= 4 is 11.1 Å². The maximum absolute atomic E-state index is 5.80. The van der Waals surface area contributed by atoms with Crippen molar-refractivity contribution in [3.8, 4) is 11.5 Å². The Morgan fingerprint density at radius 2 is 1.83 bits per heavy atom. The maximum atomic E-state index is 5.80. The van der Waals surface area contributed by atoms with Crippen molar-refractivity contribution < 1.29 is 4.42 Å². The largest absolute Gasteiger partial charge is 0.436 e. The molecule has 0 radical (unpaired) electrons. The lowest BCUT2D eigenvalue weighted by Gasteiger charge is -2.02. The van der Waals surface area contributed by atoms with E-state index in [9.17, 15) is 0 Å². The Morgan fingerprint density at radius 1 is 1.06 bits per heavy atom. The first-order chi connectivity index (χ1) is 8.88. The molecule has 0 saturated carbocycles. The van der Waals surface area contributed by atoms with Crippen molar-refractivity contribution in [2.75, 3.05) is 0 Å². The molecule has 2 aromatic carbocycles. The molecule has 0 fully saturated rings. The van der Waals surface area contributed by atoms with E-state index >= 15 is 0 Å². The van der Waals surface area contributed by atoms with Crippen LogP contribution in [0, 0.1) is 0 Å². The SMILES string of the molecule is C=CCc1ccccc1-c1nc2ccccc2o1. The highest BCUT2D eigenvalue weighted by atomic mass is 16.3. The maximum Gasteiger partial charge on any atom is 0.227 e. The molecular weight excluding hydrogens is 222 g/mol. The second kappa shape index (κ2) is 4.49. The molecule has 0 N–H and O–H groups in total. The Balaban J connectivity index is 2.16. The zero-order valence-corrected chi connectivity index (χ0v) is 9.97. The van der Waals surface area contributed by atoms with E-state index in [2.05, 4.69) is 17.6 Å². The van der Waals surface area contributed by atoms with Crippen molar-refractivity contribution in [1.82, 2.24) is 4.98 Å². The molecule has 0 unspecified atom stereocenters. The summed E-state index contributed by atoms with van der Waals surface area (Å²) in [4.78, 5) is 4.52. The lowest BCUT2D eigenvalue weighted by atomic mass is 10.0. The monoisotopic (exact) mass is 235 g/mol. The lowest BCUT2D eigenvalue weighted by Crippen LogP contribution is -1.87. The average Bonchev–Trinajstić information content (AvgIpc) is 2.83. The predicted octanol–water partition coefficient (Wildman–Crippen LogP) is 4.22. The summed E-state index contributed by atoms with van der Waals surface area (Å²) >= 11 is 0. The first-order valence-corrected chi connectivity index (χ1v) is 5.93. The van der Waals surface area contributed by atoms with Gasteiger partial charge in [0.05, 0.1) is 0 Å². The number of para-hydroxylation sites is 2. The Kier molecular flexibility index (Phi) is 2.69. The Bertz CT molecular complexity index is 664. The smallest absolute Gasteiger partial charge is 0.227 e. The standard InChI is InChI=1S/C16H13NO/c1-2-7-12-8-3-4-9-13(12)16-17-14-10-5-6-11-15(14)18-16/h2-6,8-11H,1,7H2. The number of benzene rings is 2. The van der Waals surface area contributed by atoms with Gasteiger partial charge < -0.3 is 4.42 Å². The molecule has 2 heteroatoms. The molecule has 88 valence electrons. The number of hydrogen-bond donors (Lipinski definition) is 0. The van der Waals surface area contributed by atoms with Crippen LogP contribution in [0.4, 0.5) is 0 Å². The Hall–Kier alpha value is -2.35. The molecule has 0 spiro atoms. The fourth-order valence-corrected chi connectivity index (χ4v) is 2.05. The van der Waals surface area contributed by atoms with Crippen LogP contribution in [0.2, 0.25) is 0 Å². The van der Waals surface area contributed by atoms with Crippen LogP contribution in [0.1, 0.15) is 5.56 Å². The minimum absolute atomic E-state index is 0.675.